The molecule has 2 rings (SSSR count). The smallest absolute Gasteiger partial charge is 0.269 e. The molecule has 1 amide bonds. The van der Waals surface area contributed by atoms with Gasteiger partial charge in [0.15, 0.2) is 5.89 Å². The van der Waals surface area contributed by atoms with E-state index in [0.29, 0.717) is 11.5 Å². The SMILES string of the molecule is Cc1nc(C#N)c(NNC(=O)c2ccccc2)o1. The van der Waals surface area contributed by atoms with Crippen LogP contribution in [0.2, 0.25) is 0 Å². The number of hydrazine groups is 1. The van der Waals surface area contributed by atoms with Crippen molar-refractivity contribution in [3.8, 4) is 6.07 Å². The van der Waals surface area contributed by atoms with Gasteiger partial charge < -0.3 is 4.42 Å². The average Bonchev–Trinajstić information content (AvgIpc) is 2.77. The van der Waals surface area contributed by atoms with Gasteiger partial charge in [-0.05, 0) is 12.1 Å². The molecule has 0 atom stereocenters. The van der Waals surface area contributed by atoms with Crippen molar-refractivity contribution in [1.29, 1.82) is 5.26 Å². The molecule has 0 radical (unpaired) electrons. The Morgan fingerprint density at radius 1 is 1.39 bits per heavy atom. The van der Waals surface area contributed by atoms with Gasteiger partial charge in [-0.3, -0.25) is 15.6 Å². The highest BCUT2D eigenvalue weighted by Gasteiger charge is 2.11. The molecular formula is C12H10N4O2. The summed E-state index contributed by atoms with van der Waals surface area (Å²) in [5.74, 6) is 0.149. The van der Waals surface area contributed by atoms with E-state index in [9.17, 15) is 4.79 Å². The van der Waals surface area contributed by atoms with Crippen molar-refractivity contribution in [2.75, 3.05) is 5.43 Å². The average molecular weight is 242 g/mol. The quantitative estimate of drug-likeness (QED) is 0.798. The second kappa shape index (κ2) is 5.01. The van der Waals surface area contributed by atoms with E-state index in [1.54, 1.807) is 31.2 Å². The maximum Gasteiger partial charge on any atom is 0.269 e. The molecule has 0 bridgehead atoms. The van der Waals surface area contributed by atoms with E-state index < -0.39 is 0 Å². The van der Waals surface area contributed by atoms with E-state index in [1.807, 2.05) is 12.1 Å². The number of carbonyl (C=O) groups excluding carboxylic acids is 1. The number of hydrogen-bond donors (Lipinski definition) is 2. The first-order valence-corrected chi connectivity index (χ1v) is 5.19. The number of aryl methyl sites for hydroxylation is 1. The molecule has 0 fully saturated rings. The molecule has 6 nitrogen and oxygen atoms in total. The molecular weight excluding hydrogens is 232 g/mol. The number of benzene rings is 1. The zero-order chi connectivity index (χ0) is 13.0. The fraction of sp³-hybridized carbons (Fsp3) is 0.0833. The Hall–Kier alpha value is -2.81. The highest BCUT2D eigenvalue weighted by molar-refractivity contribution is 5.94. The number of nitriles is 1. The van der Waals surface area contributed by atoms with Crippen LogP contribution in [0.5, 0.6) is 0 Å². The summed E-state index contributed by atoms with van der Waals surface area (Å²) >= 11 is 0. The largest absolute Gasteiger partial charge is 0.422 e. The Labute approximate surface area is 103 Å². The summed E-state index contributed by atoms with van der Waals surface area (Å²) in [5.41, 5.74) is 5.56. The van der Waals surface area contributed by atoms with Gasteiger partial charge in [-0.1, -0.05) is 18.2 Å². The van der Waals surface area contributed by atoms with Crippen LogP contribution in [0.3, 0.4) is 0 Å². The molecule has 90 valence electrons. The van der Waals surface area contributed by atoms with Crippen molar-refractivity contribution in [2.45, 2.75) is 6.92 Å². The lowest BCUT2D eigenvalue weighted by molar-refractivity contribution is 0.0961. The molecule has 2 N–H and O–H groups in total. The number of hydrogen-bond acceptors (Lipinski definition) is 5. The summed E-state index contributed by atoms with van der Waals surface area (Å²) < 4.78 is 5.13. The molecule has 0 unspecified atom stereocenters. The number of nitrogens with one attached hydrogen (secondary N) is 2. The van der Waals surface area contributed by atoms with Crippen LogP contribution in [0.4, 0.5) is 5.88 Å². The molecule has 0 saturated carbocycles. The number of anilines is 1. The van der Waals surface area contributed by atoms with Gasteiger partial charge in [0.25, 0.3) is 11.8 Å². The van der Waals surface area contributed by atoms with Crippen LogP contribution >= 0.6 is 0 Å². The van der Waals surface area contributed by atoms with Gasteiger partial charge in [-0.15, -0.1) is 0 Å². The number of oxazole rings is 1. The van der Waals surface area contributed by atoms with E-state index in [-0.39, 0.29) is 17.5 Å². The van der Waals surface area contributed by atoms with Crippen molar-refractivity contribution < 1.29 is 9.21 Å². The predicted molar refractivity (Wildman–Crippen MR) is 63.5 cm³/mol. The molecule has 6 heteroatoms. The van der Waals surface area contributed by atoms with Gasteiger partial charge >= 0.3 is 0 Å². The Balaban J connectivity index is 2.04. The van der Waals surface area contributed by atoms with Crippen LogP contribution in [-0.2, 0) is 0 Å². The minimum absolute atomic E-state index is 0.0980. The summed E-state index contributed by atoms with van der Waals surface area (Å²) in [5, 5.41) is 8.79. The fourth-order valence-corrected chi connectivity index (χ4v) is 1.36. The molecule has 0 spiro atoms. The highest BCUT2D eigenvalue weighted by atomic mass is 16.4. The van der Waals surface area contributed by atoms with Gasteiger partial charge in [-0.25, -0.2) is 4.98 Å². The van der Waals surface area contributed by atoms with Crippen LogP contribution in [0.1, 0.15) is 21.9 Å². The molecule has 0 aliphatic rings. The molecule has 1 aromatic heterocycles. The summed E-state index contributed by atoms with van der Waals surface area (Å²) in [6.07, 6.45) is 0. The minimum Gasteiger partial charge on any atom is -0.422 e. The molecule has 0 saturated heterocycles. The Kier molecular flexibility index (Phi) is 3.25. The third-order valence-corrected chi connectivity index (χ3v) is 2.17. The second-order valence-corrected chi connectivity index (χ2v) is 3.47. The van der Waals surface area contributed by atoms with E-state index >= 15 is 0 Å². The van der Waals surface area contributed by atoms with E-state index in [0.717, 1.165) is 0 Å². The van der Waals surface area contributed by atoms with Gasteiger partial charge in [0.05, 0.1) is 0 Å². The first kappa shape index (κ1) is 11.7. The Bertz CT molecular complexity index is 598. The Morgan fingerprint density at radius 2 is 2.11 bits per heavy atom. The topological polar surface area (TPSA) is 91.0 Å². The monoisotopic (exact) mass is 242 g/mol. The Morgan fingerprint density at radius 3 is 2.78 bits per heavy atom. The minimum atomic E-state index is -0.325. The van der Waals surface area contributed by atoms with Crippen molar-refractivity contribution in [3.05, 3.63) is 47.5 Å². The third-order valence-electron chi connectivity index (χ3n) is 2.17. The number of nitrogens with zero attached hydrogens (tertiary/aromatic N) is 2. The summed E-state index contributed by atoms with van der Waals surface area (Å²) in [6, 6.07) is 10.5. The van der Waals surface area contributed by atoms with Gasteiger partial charge in [0, 0.05) is 12.5 Å². The molecule has 0 aliphatic carbocycles. The van der Waals surface area contributed by atoms with Crippen molar-refractivity contribution in [1.82, 2.24) is 10.4 Å². The first-order valence-electron chi connectivity index (χ1n) is 5.19. The van der Waals surface area contributed by atoms with E-state index in [4.69, 9.17) is 9.68 Å². The second-order valence-electron chi connectivity index (χ2n) is 3.47. The number of aromatic nitrogens is 1. The zero-order valence-electron chi connectivity index (χ0n) is 9.60. The molecule has 18 heavy (non-hydrogen) atoms. The number of amides is 1. The standard InChI is InChI=1S/C12H10N4O2/c1-8-14-10(7-13)12(18-8)16-15-11(17)9-5-3-2-4-6-9/h2-6,16H,1H3,(H,15,17). The fourth-order valence-electron chi connectivity index (χ4n) is 1.36. The lowest BCUT2D eigenvalue weighted by Gasteiger charge is -2.05. The molecule has 0 aliphatic heterocycles. The molecule has 1 aromatic carbocycles. The number of rotatable bonds is 3. The summed E-state index contributed by atoms with van der Waals surface area (Å²) in [6.45, 7) is 1.62. The van der Waals surface area contributed by atoms with Gasteiger partial charge in [0.1, 0.15) is 6.07 Å². The lowest BCUT2D eigenvalue weighted by atomic mass is 10.2. The van der Waals surface area contributed by atoms with E-state index in [1.165, 1.54) is 0 Å². The third kappa shape index (κ3) is 2.47. The van der Waals surface area contributed by atoms with Crippen LogP contribution in [0.25, 0.3) is 0 Å². The van der Waals surface area contributed by atoms with E-state index in [2.05, 4.69) is 15.8 Å². The van der Waals surface area contributed by atoms with Gasteiger partial charge in [0.2, 0.25) is 5.69 Å². The normalized spacial score (nSPS) is 9.56. The highest BCUT2D eigenvalue weighted by Crippen LogP contribution is 2.14. The first-order chi connectivity index (χ1) is 8.70. The van der Waals surface area contributed by atoms with Crippen molar-refractivity contribution in [3.63, 3.8) is 0 Å². The summed E-state index contributed by atoms with van der Waals surface area (Å²) in [4.78, 5) is 15.5. The van der Waals surface area contributed by atoms with Gasteiger partial charge in [-0.2, -0.15) is 5.26 Å². The lowest BCUT2D eigenvalue weighted by Crippen LogP contribution is -2.29. The molecule has 2 aromatic rings. The van der Waals surface area contributed by atoms with Crippen molar-refractivity contribution in [2.24, 2.45) is 0 Å². The maximum atomic E-state index is 11.7. The number of carbonyl (C=O) groups is 1. The zero-order valence-corrected chi connectivity index (χ0v) is 9.60. The summed E-state index contributed by atoms with van der Waals surface area (Å²) in [7, 11) is 0. The predicted octanol–water partition coefficient (Wildman–Crippen LogP) is 1.61. The van der Waals surface area contributed by atoms with Crippen LogP contribution in [0.15, 0.2) is 34.7 Å². The molecule has 1 heterocycles. The van der Waals surface area contributed by atoms with Crippen LogP contribution in [-0.4, -0.2) is 10.9 Å². The van der Waals surface area contributed by atoms with Crippen molar-refractivity contribution >= 4 is 11.8 Å². The van der Waals surface area contributed by atoms with Crippen LogP contribution in [0, 0.1) is 18.3 Å². The van der Waals surface area contributed by atoms with Crippen LogP contribution < -0.4 is 10.9 Å². The maximum absolute atomic E-state index is 11.7.